The molecule has 1 aromatic heterocycles. The Morgan fingerprint density at radius 1 is 0.884 bits per heavy atom. The van der Waals surface area contributed by atoms with Gasteiger partial charge >= 0.3 is 6.03 Å². The Bertz CT molecular complexity index is 1840. The maximum absolute atomic E-state index is 14.1. The van der Waals surface area contributed by atoms with Crippen LogP contribution in [-0.2, 0) is 4.79 Å². The lowest BCUT2D eigenvalue weighted by atomic mass is 9.99. The summed E-state index contributed by atoms with van der Waals surface area (Å²) >= 11 is 0. The second-order valence-corrected chi connectivity index (χ2v) is 9.86. The van der Waals surface area contributed by atoms with Gasteiger partial charge in [-0.2, -0.15) is 0 Å². The van der Waals surface area contributed by atoms with Crippen LogP contribution >= 0.6 is 0 Å². The number of Topliss-reactive ketones (excluding diaryl/α,β-unsaturated/α-hetero) is 1. The molecular weight excluding hydrogens is 544 g/mol. The first-order valence-corrected chi connectivity index (χ1v) is 13.5. The van der Waals surface area contributed by atoms with Gasteiger partial charge in [-0.15, -0.1) is 5.10 Å². The van der Waals surface area contributed by atoms with Crippen LogP contribution < -0.4 is 15.5 Å². The molecule has 1 atom stereocenters. The smallest absolute Gasteiger partial charge is 0.308 e. The lowest BCUT2D eigenvalue weighted by Gasteiger charge is -2.25. The Morgan fingerprint density at radius 2 is 1.63 bits per heavy atom. The van der Waals surface area contributed by atoms with Gasteiger partial charge in [-0.25, -0.2) is 14.9 Å². The highest BCUT2D eigenvalue weighted by Crippen LogP contribution is 2.29. The Hall–Kier alpha value is -5.97. The van der Waals surface area contributed by atoms with Gasteiger partial charge in [0.2, 0.25) is 6.17 Å². The van der Waals surface area contributed by atoms with E-state index in [1.807, 2.05) is 61.5 Å². The molecule has 43 heavy (non-hydrogen) atoms. The topological polar surface area (TPSA) is 145 Å². The third-order valence-corrected chi connectivity index (χ3v) is 7.01. The van der Waals surface area contributed by atoms with Crippen molar-refractivity contribution in [2.75, 3.05) is 16.8 Å². The molecule has 0 radical (unpaired) electrons. The number of H-pyrrole nitrogens is 1. The summed E-state index contributed by atoms with van der Waals surface area (Å²) in [6, 6.07) is 30.2. The summed E-state index contributed by atoms with van der Waals surface area (Å²) in [4.78, 5) is 47.1. The van der Waals surface area contributed by atoms with Crippen molar-refractivity contribution in [1.29, 1.82) is 0 Å². The quantitative estimate of drug-likeness (QED) is 0.248. The Kier molecular flexibility index (Phi) is 7.51. The number of aromatic nitrogens is 4. The van der Waals surface area contributed by atoms with Crippen molar-refractivity contribution in [1.82, 2.24) is 25.9 Å². The van der Waals surface area contributed by atoms with E-state index < -0.39 is 18.1 Å². The fourth-order valence-corrected chi connectivity index (χ4v) is 4.94. The average molecular weight is 571 g/mol. The number of benzene rings is 4. The monoisotopic (exact) mass is 570 g/mol. The predicted molar refractivity (Wildman–Crippen MR) is 162 cm³/mol. The molecule has 11 nitrogen and oxygen atoms in total. The summed E-state index contributed by atoms with van der Waals surface area (Å²) in [5, 5.41) is 19.2. The number of aromatic amines is 1. The fraction of sp³-hybridized carbons (Fsp3) is 0.0938. The number of amides is 3. The molecule has 11 heteroatoms. The van der Waals surface area contributed by atoms with Gasteiger partial charge in [0, 0.05) is 27.9 Å². The molecule has 2 heterocycles. The minimum absolute atomic E-state index is 0.230. The van der Waals surface area contributed by atoms with Crippen LogP contribution in [0.3, 0.4) is 0 Å². The number of hydrogen-bond donors (Lipinski definition) is 3. The second-order valence-electron chi connectivity index (χ2n) is 9.86. The van der Waals surface area contributed by atoms with E-state index in [1.54, 1.807) is 48.5 Å². The third-order valence-electron chi connectivity index (χ3n) is 7.01. The van der Waals surface area contributed by atoms with E-state index in [4.69, 9.17) is 4.99 Å². The van der Waals surface area contributed by atoms with E-state index in [2.05, 4.69) is 31.3 Å². The normalized spacial score (nSPS) is 14.3. The molecule has 0 bridgehead atoms. The molecule has 3 amide bonds. The minimum atomic E-state index is -1.33. The fourth-order valence-electron chi connectivity index (χ4n) is 4.94. The summed E-state index contributed by atoms with van der Waals surface area (Å²) in [5.41, 5.74) is 4.90. The van der Waals surface area contributed by atoms with E-state index in [1.165, 1.54) is 4.90 Å². The summed E-state index contributed by atoms with van der Waals surface area (Å²) in [6.07, 6.45) is -1.33. The van der Waals surface area contributed by atoms with Gasteiger partial charge in [0.05, 0.1) is 17.9 Å². The summed E-state index contributed by atoms with van der Waals surface area (Å²) < 4.78 is 0. The second kappa shape index (κ2) is 11.9. The number of para-hydroxylation sites is 1. The first kappa shape index (κ1) is 27.2. The highest BCUT2D eigenvalue weighted by Gasteiger charge is 2.34. The van der Waals surface area contributed by atoms with Gasteiger partial charge in [0.1, 0.15) is 0 Å². The molecule has 3 N–H and O–H groups in total. The lowest BCUT2D eigenvalue weighted by molar-refractivity contribution is -0.120. The Balaban J connectivity index is 1.35. The van der Waals surface area contributed by atoms with Gasteiger partial charge in [-0.3, -0.25) is 9.59 Å². The van der Waals surface area contributed by atoms with Crippen molar-refractivity contribution in [3.05, 3.63) is 125 Å². The van der Waals surface area contributed by atoms with E-state index in [0.717, 1.165) is 11.1 Å². The summed E-state index contributed by atoms with van der Waals surface area (Å²) in [5.74, 6) is -0.338. The number of nitrogens with one attached hydrogen (secondary N) is 3. The summed E-state index contributed by atoms with van der Waals surface area (Å²) in [7, 11) is 0. The maximum Gasteiger partial charge on any atom is 0.321 e. The number of rotatable bonds is 7. The molecule has 6 rings (SSSR count). The maximum atomic E-state index is 14.1. The predicted octanol–water partition coefficient (Wildman–Crippen LogP) is 4.39. The number of tetrazole rings is 1. The first-order valence-electron chi connectivity index (χ1n) is 13.5. The lowest BCUT2D eigenvalue weighted by Crippen LogP contribution is -2.50. The molecular formula is C32H26N8O3. The molecule has 0 saturated carbocycles. The number of aryl methyl sites for hydroxylation is 1. The minimum Gasteiger partial charge on any atom is -0.308 e. The molecule has 4 aromatic carbocycles. The van der Waals surface area contributed by atoms with Gasteiger partial charge < -0.3 is 15.5 Å². The Labute approximate surface area is 246 Å². The van der Waals surface area contributed by atoms with Crippen molar-refractivity contribution in [2.45, 2.75) is 13.1 Å². The average Bonchev–Trinajstić information content (AvgIpc) is 3.55. The van der Waals surface area contributed by atoms with Crippen molar-refractivity contribution >= 4 is 34.8 Å². The molecule has 1 unspecified atom stereocenters. The van der Waals surface area contributed by atoms with E-state index in [9.17, 15) is 14.4 Å². The number of urea groups is 1. The van der Waals surface area contributed by atoms with E-state index in [-0.39, 0.29) is 12.3 Å². The van der Waals surface area contributed by atoms with E-state index >= 15 is 0 Å². The standard InChI is InChI=1S/C32H26N8O3/c1-20-10-5-6-15-24(20)27(41)19-40-26-17-8-7-16-25(26)28(21-11-3-2-4-12-21)34-30(31(40)42)35-32(43)33-23-14-9-13-22(18-23)29-36-38-39-37-29/h2-18,30H,19H2,1H3,(H2,33,35,43)(H,36,37,38,39). The zero-order valence-corrected chi connectivity index (χ0v) is 23.1. The van der Waals surface area contributed by atoms with Crippen LogP contribution in [0.2, 0.25) is 0 Å². The van der Waals surface area contributed by atoms with Gasteiger partial charge in [-0.05, 0) is 41.1 Å². The van der Waals surface area contributed by atoms with Gasteiger partial charge in [-0.1, -0.05) is 84.9 Å². The number of aliphatic imine (C=N–C) groups is 1. The van der Waals surface area contributed by atoms with Crippen molar-refractivity contribution in [3.8, 4) is 11.4 Å². The number of hydrogen-bond acceptors (Lipinski definition) is 7. The van der Waals surface area contributed by atoms with Crippen molar-refractivity contribution in [2.24, 2.45) is 4.99 Å². The molecule has 5 aromatic rings. The number of fused-ring (bicyclic) bond motifs is 1. The molecule has 1 aliphatic heterocycles. The number of benzodiazepines with no additional fused rings is 1. The largest absolute Gasteiger partial charge is 0.321 e. The summed E-state index contributed by atoms with van der Waals surface area (Å²) in [6.45, 7) is 1.62. The molecule has 0 fully saturated rings. The molecule has 0 aliphatic carbocycles. The van der Waals surface area contributed by atoms with Crippen LogP contribution in [0.1, 0.15) is 27.0 Å². The van der Waals surface area contributed by atoms with Crippen LogP contribution in [-0.4, -0.2) is 56.8 Å². The van der Waals surface area contributed by atoms with E-state index in [0.29, 0.717) is 39.6 Å². The number of anilines is 2. The van der Waals surface area contributed by atoms with Crippen LogP contribution in [0, 0.1) is 6.92 Å². The molecule has 0 spiro atoms. The van der Waals surface area contributed by atoms with Gasteiger partial charge in [0.15, 0.2) is 11.6 Å². The molecule has 1 aliphatic rings. The van der Waals surface area contributed by atoms with Gasteiger partial charge in [0.25, 0.3) is 5.91 Å². The number of ketones is 1. The van der Waals surface area contributed by atoms with Crippen molar-refractivity contribution < 1.29 is 14.4 Å². The Morgan fingerprint density at radius 3 is 2.42 bits per heavy atom. The van der Waals surface area contributed by atoms with Crippen LogP contribution in [0.15, 0.2) is 108 Å². The SMILES string of the molecule is Cc1ccccc1C(=O)CN1C(=O)C(NC(=O)Nc2cccc(-c3nnn[nH]3)c2)N=C(c2ccccc2)c2ccccc21. The van der Waals surface area contributed by atoms with Crippen LogP contribution in [0.5, 0.6) is 0 Å². The number of carbonyl (C=O) groups excluding carboxylic acids is 3. The third kappa shape index (κ3) is 5.77. The van der Waals surface area contributed by atoms with Crippen molar-refractivity contribution in [3.63, 3.8) is 0 Å². The highest BCUT2D eigenvalue weighted by molar-refractivity contribution is 6.21. The zero-order chi connectivity index (χ0) is 29.8. The van der Waals surface area contributed by atoms with Crippen LogP contribution in [0.4, 0.5) is 16.2 Å². The molecule has 212 valence electrons. The number of nitrogens with zero attached hydrogens (tertiary/aromatic N) is 5. The van der Waals surface area contributed by atoms with Crippen LogP contribution in [0.25, 0.3) is 11.4 Å². The zero-order valence-electron chi connectivity index (χ0n) is 23.1. The molecule has 0 saturated heterocycles. The first-order chi connectivity index (χ1) is 21.0. The highest BCUT2D eigenvalue weighted by atomic mass is 16.2. The number of carbonyl (C=O) groups is 3.